The Bertz CT molecular complexity index is 714. The first-order valence-corrected chi connectivity index (χ1v) is 10.0. The molecule has 1 aromatic carbocycles. The lowest BCUT2D eigenvalue weighted by Gasteiger charge is -2.37. The quantitative estimate of drug-likeness (QED) is 0.632. The van der Waals surface area contributed by atoms with Crippen molar-refractivity contribution >= 4 is 11.9 Å². The fourth-order valence-electron chi connectivity index (χ4n) is 3.57. The van der Waals surface area contributed by atoms with Gasteiger partial charge in [0.05, 0.1) is 5.57 Å². The Balaban J connectivity index is 2.06. The average Bonchev–Trinajstić information content (AvgIpc) is 2.59. The van der Waals surface area contributed by atoms with Crippen molar-refractivity contribution in [3.8, 4) is 0 Å². The highest BCUT2D eigenvalue weighted by molar-refractivity contribution is 5.91. The van der Waals surface area contributed by atoms with Gasteiger partial charge in [-0.3, -0.25) is 4.79 Å². The molecule has 0 fully saturated rings. The molecule has 1 aliphatic rings. The molecule has 0 spiro atoms. The van der Waals surface area contributed by atoms with E-state index in [1.54, 1.807) is 20.8 Å². The molecular formula is C23H32O5. The summed E-state index contributed by atoms with van der Waals surface area (Å²) < 4.78 is 11.1. The Labute approximate surface area is 167 Å². The van der Waals surface area contributed by atoms with Gasteiger partial charge >= 0.3 is 11.9 Å². The number of carbonyl (C=O) groups excluding carboxylic acids is 2. The van der Waals surface area contributed by atoms with Gasteiger partial charge in [0.25, 0.3) is 0 Å². The summed E-state index contributed by atoms with van der Waals surface area (Å²) in [5.74, 6) is -0.870. The van der Waals surface area contributed by atoms with Crippen molar-refractivity contribution in [2.45, 2.75) is 83.8 Å². The Morgan fingerprint density at radius 2 is 1.86 bits per heavy atom. The van der Waals surface area contributed by atoms with E-state index >= 15 is 0 Å². The van der Waals surface area contributed by atoms with Crippen LogP contribution in [0.25, 0.3) is 0 Å². The minimum absolute atomic E-state index is 0.0383. The topological polar surface area (TPSA) is 72.8 Å². The van der Waals surface area contributed by atoms with E-state index in [-0.39, 0.29) is 24.2 Å². The number of benzene rings is 1. The Morgan fingerprint density at radius 3 is 2.43 bits per heavy atom. The van der Waals surface area contributed by atoms with Gasteiger partial charge in [-0.1, -0.05) is 43.7 Å². The molecule has 0 bridgehead atoms. The van der Waals surface area contributed by atoms with Crippen LogP contribution in [0.4, 0.5) is 0 Å². The van der Waals surface area contributed by atoms with Gasteiger partial charge in [0.15, 0.2) is 0 Å². The molecule has 1 heterocycles. The van der Waals surface area contributed by atoms with Crippen LogP contribution in [0.2, 0.25) is 0 Å². The van der Waals surface area contributed by atoms with Crippen molar-refractivity contribution in [2.75, 3.05) is 0 Å². The van der Waals surface area contributed by atoms with Crippen molar-refractivity contribution in [1.82, 2.24) is 0 Å². The molecule has 154 valence electrons. The van der Waals surface area contributed by atoms with Crippen LogP contribution >= 0.6 is 0 Å². The lowest BCUT2D eigenvalue weighted by atomic mass is 9.83. The molecule has 5 heteroatoms. The van der Waals surface area contributed by atoms with Crippen molar-refractivity contribution in [3.63, 3.8) is 0 Å². The van der Waals surface area contributed by atoms with Crippen LogP contribution in [0, 0.1) is 0 Å². The first kappa shape index (κ1) is 22.0. The minimum Gasteiger partial charge on any atom is -0.512 e. The summed E-state index contributed by atoms with van der Waals surface area (Å²) >= 11 is 0. The summed E-state index contributed by atoms with van der Waals surface area (Å²) in [6.07, 6.45) is 3.42. The highest BCUT2D eigenvalue weighted by atomic mass is 16.6. The molecule has 0 radical (unpaired) electrons. The summed E-state index contributed by atoms with van der Waals surface area (Å²) in [5, 5.41) is 10.6. The zero-order chi connectivity index (χ0) is 20.8. The third kappa shape index (κ3) is 6.39. The minimum atomic E-state index is -0.693. The van der Waals surface area contributed by atoms with Gasteiger partial charge in [-0.2, -0.15) is 0 Å². The van der Waals surface area contributed by atoms with Crippen LogP contribution in [0.15, 0.2) is 41.7 Å². The second-order valence-electron chi connectivity index (χ2n) is 8.50. The molecule has 28 heavy (non-hydrogen) atoms. The predicted octanol–water partition coefficient (Wildman–Crippen LogP) is 5.04. The molecule has 2 rings (SSSR count). The van der Waals surface area contributed by atoms with Crippen LogP contribution in [0.5, 0.6) is 0 Å². The molecule has 0 aromatic heterocycles. The van der Waals surface area contributed by atoms with Gasteiger partial charge in [0, 0.05) is 12.8 Å². The monoisotopic (exact) mass is 388 g/mol. The van der Waals surface area contributed by atoms with Gasteiger partial charge in [-0.25, -0.2) is 4.79 Å². The second-order valence-corrected chi connectivity index (χ2v) is 8.50. The van der Waals surface area contributed by atoms with Crippen LogP contribution in [0.3, 0.4) is 0 Å². The summed E-state index contributed by atoms with van der Waals surface area (Å²) in [6, 6.07) is 10.0. The van der Waals surface area contributed by atoms with Crippen LogP contribution in [0.1, 0.15) is 71.8 Å². The largest absolute Gasteiger partial charge is 0.512 e. The molecule has 1 atom stereocenters. The van der Waals surface area contributed by atoms with Crippen LogP contribution in [-0.2, 0) is 25.5 Å². The van der Waals surface area contributed by atoms with E-state index < -0.39 is 23.1 Å². The van der Waals surface area contributed by atoms with Crippen molar-refractivity contribution in [1.29, 1.82) is 0 Å². The third-order valence-electron chi connectivity index (χ3n) is 4.81. The van der Waals surface area contributed by atoms with Gasteiger partial charge in [0.2, 0.25) is 0 Å². The number of cyclic esters (lactones) is 1. The molecule has 1 aliphatic heterocycles. The number of aliphatic hydroxyl groups excluding tert-OH is 1. The second kappa shape index (κ2) is 9.26. The van der Waals surface area contributed by atoms with E-state index in [1.807, 2.05) is 37.3 Å². The van der Waals surface area contributed by atoms with E-state index in [4.69, 9.17) is 9.47 Å². The molecule has 0 amide bonds. The zero-order valence-electron chi connectivity index (χ0n) is 17.4. The number of aryl methyl sites for hydroxylation is 1. The number of esters is 2. The first-order chi connectivity index (χ1) is 13.1. The first-order valence-electron chi connectivity index (χ1n) is 10.0. The number of rotatable bonds is 8. The van der Waals surface area contributed by atoms with Crippen molar-refractivity contribution in [2.24, 2.45) is 0 Å². The summed E-state index contributed by atoms with van der Waals surface area (Å²) in [4.78, 5) is 24.5. The van der Waals surface area contributed by atoms with E-state index in [1.165, 1.54) is 5.56 Å². The van der Waals surface area contributed by atoms with Gasteiger partial charge in [-0.15, -0.1) is 0 Å². The maximum atomic E-state index is 12.6. The van der Waals surface area contributed by atoms with Crippen molar-refractivity contribution in [3.05, 3.63) is 47.2 Å². The van der Waals surface area contributed by atoms with Crippen LogP contribution < -0.4 is 0 Å². The molecule has 0 saturated carbocycles. The molecule has 5 nitrogen and oxygen atoms in total. The molecule has 0 saturated heterocycles. The van der Waals surface area contributed by atoms with E-state index in [9.17, 15) is 14.7 Å². The Morgan fingerprint density at radius 1 is 1.18 bits per heavy atom. The molecule has 1 aromatic rings. The van der Waals surface area contributed by atoms with Gasteiger partial charge in [0.1, 0.15) is 17.0 Å². The van der Waals surface area contributed by atoms with Gasteiger partial charge < -0.3 is 14.6 Å². The fourth-order valence-corrected chi connectivity index (χ4v) is 3.57. The number of carbonyl (C=O) groups is 2. The molecule has 1 N–H and O–H groups in total. The van der Waals surface area contributed by atoms with Crippen LogP contribution in [-0.4, -0.2) is 28.2 Å². The average molecular weight is 389 g/mol. The van der Waals surface area contributed by atoms with Crippen molar-refractivity contribution < 1.29 is 24.2 Å². The maximum absolute atomic E-state index is 12.6. The third-order valence-corrected chi connectivity index (χ3v) is 4.81. The summed E-state index contributed by atoms with van der Waals surface area (Å²) in [6.45, 7) is 7.42. The van der Waals surface area contributed by atoms with E-state index in [0.29, 0.717) is 19.3 Å². The highest BCUT2D eigenvalue weighted by Gasteiger charge is 2.41. The molecular weight excluding hydrogens is 356 g/mol. The lowest BCUT2D eigenvalue weighted by Crippen LogP contribution is -2.40. The standard InChI is InChI=1S/C23H32O5/c1-5-14-23(15-13-17-9-7-6-8-10-17)16-19(24)18(21(26)28-23)11-12-20(25)27-22(2,3)4/h6-10,24H,5,11-16H2,1-4H3/t23-/m1/s1. The molecule has 0 unspecified atom stereocenters. The maximum Gasteiger partial charge on any atom is 0.337 e. The smallest absolute Gasteiger partial charge is 0.337 e. The number of aliphatic hydroxyl groups is 1. The lowest BCUT2D eigenvalue weighted by molar-refractivity contribution is -0.161. The normalized spacial score (nSPS) is 20.1. The number of ether oxygens (including phenoxy) is 2. The SMILES string of the molecule is CCC[C@@]1(CCc2ccccc2)CC(O)=C(CCC(=O)OC(C)(C)C)C(=O)O1. The zero-order valence-corrected chi connectivity index (χ0v) is 17.4. The fraction of sp³-hybridized carbons (Fsp3) is 0.565. The Hall–Kier alpha value is -2.30. The Kier molecular flexibility index (Phi) is 7.28. The number of hydrogen-bond acceptors (Lipinski definition) is 5. The highest BCUT2D eigenvalue weighted by Crippen LogP contribution is 2.37. The number of hydrogen-bond donors (Lipinski definition) is 1. The predicted molar refractivity (Wildman–Crippen MR) is 108 cm³/mol. The molecule has 0 aliphatic carbocycles. The van der Waals surface area contributed by atoms with Gasteiger partial charge in [-0.05, 0) is 52.0 Å². The summed E-state index contributed by atoms with van der Waals surface area (Å²) in [5.41, 5.74) is 0.0978. The summed E-state index contributed by atoms with van der Waals surface area (Å²) in [7, 11) is 0. The van der Waals surface area contributed by atoms with E-state index in [0.717, 1.165) is 12.8 Å². The van der Waals surface area contributed by atoms with E-state index in [2.05, 4.69) is 0 Å².